The lowest BCUT2D eigenvalue weighted by Crippen LogP contribution is -2.22. The predicted molar refractivity (Wildman–Crippen MR) is 84.8 cm³/mol. The second-order valence-corrected chi connectivity index (χ2v) is 6.38. The summed E-state index contributed by atoms with van der Waals surface area (Å²) in [5, 5.41) is 2.07. The van der Waals surface area contributed by atoms with Gasteiger partial charge in [-0.25, -0.2) is 0 Å². The van der Waals surface area contributed by atoms with Crippen molar-refractivity contribution >= 4 is 28.2 Å². The van der Waals surface area contributed by atoms with Crippen molar-refractivity contribution in [3.05, 3.63) is 34.5 Å². The molecule has 0 bridgehead atoms. The lowest BCUT2D eigenvalue weighted by Gasteiger charge is -2.27. The molecule has 1 aliphatic carbocycles. The van der Waals surface area contributed by atoms with E-state index in [-0.39, 0.29) is 0 Å². The van der Waals surface area contributed by atoms with Crippen LogP contribution in [-0.4, -0.2) is 18.1 Å². The standard InChI is InChI=1S/C17H19ClN2/c18-12-7-8-16-14(11-12)17(20-9-3-4-10-20)13-5-1-2-6-15(13)19-16/h7-8,11H,1-6,9-10H2. The molecular formula is C17H19ClN2. The number of hydrogen-bond acceptors (Lipinski definition) is 2. The Morgan fingerprint density at radius 3 is 2.65 bits per heavy atom. The fraction of sp³-hybridized carbons (Fsp3) is 0.471. The highest BCUT2D eigenvalue weighted by Crippen LogP contribution is 2.38. The molecule has 0 amide bonds. The molecule has 1 aliphatic heterocycles. The van der Waals surface area contributed by atoms with Crippen molar-refractivity contribution in [3.8, 4) is 0 Å². The summed E-state index contributed by atoms with van der Waals surface area (Å²) >= 11 is 6.23. The van der Waals surface area contributed by atoms with Gasteiger partial charge in [0.15, 0.2) is 0 Å². The zero-order chi connectivity index (χ0) is 13.5. The molecule has 0 radical (unpaired) electrons. The van der Waals surface area contributed by atoms with Crippen molar-refractivity contribution in [1.82, 2.24) is 4.98 Å². The van der Waals surface area contributed by atoms with E-state index in [2.05, 4.69) is 17.0 Å². The van der Waals surface area contributed by atoms with E-state index in [1.54, 1.807) is 0 Å². The molecule has 1 aromatic carbocycles. The first-order valence-corrected chi connectivity index (χ1v) is 8.07. The van der Waals surface area contributed by atoms with Gasteiger partial charge < -0.3 is 4.90 Å². The van der Waals surface area contributed by atoms with Gasteiger partial charge in [-0.1, -0.05) is 11.6 Å². The minimum Gasteiger partial charge on any atom is -0.371 e. The molecular weight excluding hydrogens is 268 g/mol. The molecule has 0 atom stereocenters. The molecule has 104 valence electrons. The van der Waals surface area contributed by atoms with Crippen LogP contribution in [0.5, 0.6) is 0 Å². The molecule has 0 spiro atoms. The highest BCUT2D eigenvalue weighted by atomic mass is 35.5. The molecule has 2 nitrogen and oxygen atoms in total. The summed E-state index contributed by atoms with van der Waals surface area (Å²) in [6, 6.07) is 6.14. The number of hydrogen-bond donors (Lipinski definition) is 0. The Morgan fingerprint density at radius 2 is 1.80 bits per heavy atom. The van der Waals surface area contributed by atoms with E-state index in [0.29, 0.717) is 0 Å². The molecule has 4 rings (SSSR count). The lowest BCUT2D eigenvalue weighted by atomic mass is 9.92. The Kier molecular flexibility index (Phi) is 3.07. The smallest absolute Gasteiger partial charge is 0.0727 e. The van der Waals surface area contributed by atoms with Crippen molar-refractivity contribution in [1.29, 1.82) is 0 Å². The van der Waals surface area contributed by atoms with Crippen LogP contribution in [0.25, 0.3) is 10.9 Å². The van der Waals surface area contributed by atoms with Gasteiger partial charge in [-0.15, -0.1) is 0 Å². The van der Waals surface area contributed by atoms with Crippen LogP contribution in [0, 0.1) is 0 Å². The summed E-state index contributed by atoms with van der Waals surface area (Å²) in [5.74, 6) is 0. The van der Waals surface area contributed by atoms with Crippen molar-refractivity contribution in [2.24, 2.45) is 0 Å². The number of rotatable bonds is 1. The summed E-state index contributed by atoms with van der Waals surface area (Å²) in [4.78, 5) is 7.46. The van der Waals surface area contributed by atoms with Crippen LogP contribution in [0.3, 0.4) is 0 Å². The lowest BCUT2D eigenvalue weighted by molar-refractivity contribution is 0.669. The summed E-state index contributed by atoms with van der Waals surface area (Å²) in [6.45, 7) is 2.36. The summed E-state index contributed by atoms with van der Waals surface area (Å²) in [5.41, 5.74) is 5.36. The third-order valence-corrected chi connectivity index (χ3v) is 4.85. The monoisotopic (exact) mass is 286 g/mol. The van der Waals surface area contributed by atoms with Crippen molar-refractivity contribution in [2.45, 2.75) is 38.5 Å². The fourth-order valence-electron chi connectivity index (χ4n) is 3.67. The molecule has 2 aliphatic rings. The van der Waals surface area contributed by atoms with Crippen molar-refractivity contribution in [2.75, 3.05) is 18.0 Å². The van der Waals surface area contributed by atoms with Gasteiger partial charge in [-0.05, 0) is 62.3 Å². The predicted octanol–water partition coefficient (Wildman–Crippen LogP) is 4.37. The molecule has 2 aromatic rings. The topological polar surface area (TPSA) is 16.1 Å². The van der Waals surface area contributed by atoms with Gasteiger partial charge in [0.25, 0.3) is 0 Å². The van der Waals surface area contributed by atoms with E-state index in [9.17, 15) is 0 Å². The Labute approximate surface area is 124 Å². The Bertz CT molecular complexity index is 660. The first-order valence-electron chi connectivity index (χ1n) is 7.69. The van der Waals surface area contributed by atoms with Crippen LogP contribution in [0.15, 0.2) is 18.2 Å². The largest absolute Gasteiger partial charge is 0.371 e. The average molecular weight is 287 g/mol. The van der Waals surface area contributed by atoms with Crippen LogP contribution in [0.1, 0.15) is 36.9 Å². The van der Waals surface area contributed by atoms with Gasteiger partial charge in [-0.3, -0.25) is 4.98 Å². The van der Waals surface area contributed by atoms with Gasteiger partial charge >= 0.3 is 0 Å². The summed E-state index contributed by atoms with van der Waals surface area (Å²) in [7, 11) is 0. The second kappa shape index (κ2) is 4.92. The first-order chi connectivity index (χ1) is 9.83. The molecule has 1 fully saturated rings. The number of pyridine rings is 1. The highest BCUT2D eigenvalue weighted by Gasteiger charge is 2.23. The Balaban J connectivity index is 2.01. The van der Waals surface area contributed by atoms with E-state index < -0.39 is 0 Å². The summed E-state index contributed by atoms with van der Waals surface area (Å²) < 4.78 is 0. The van der Waals surface area contributed by atoms with Crippen LogP contribution in [0.4, 0.5) is 5.69 Å². The minimum absolute atomic E-state index is 0.815. The summed E-state index contributed by atoms with van der Waals surface area (Å²) in [6.07, 6.45) is 7.49. The fourth-order valence-corrected chi connectivity index (χ4v) is 3.85. The van der Waals surface area contributed by atoms with E-state index in [4.69, 9.17) is 16.6 Å². The van der Waals surface area contributed by atoms with Crippen LogP contribution in [0.2, 0.25) is 5.02 Å². The number of benzene rings is 1. The molecule has 1 aromatic heterocycles. The van der Waals surface area contributed by atoms with Gasteiger partial charge in [-0.2, -0.15) is 0 Å². The highest BCUT2D eigenvalue weighted by molar-refractivity contribution is 6.31. The number of fused-ring (bicyclic) bond motifs is 2. The van der Waals surface area contributed by atoms with Gasteiger partial charge in [0.2, 0.25) is 0 Å². The molecule has 0 unspecified atom stereocenters. The Morgan fingerprint density at radius 1 is 1.00 bits per heavy atom. The van der Waals surface area contributed by atoms with E-state index in [1.165, 1.54) is 67.5 Å². The van der Waals surface area contributed by atoms with E-state index in [1.807, 2.05) is 6.07 Å². The van der Waals surface area contributed by atoms with Gasteiger partial charge in [0, 0.05) is 29.2 Å². The number of anilines is 1. The maximum atomic E-state index is 6.23. The third kappa shape index (κ3) is 1.98. The van der Waals surface area contributed by atoms with Crippen LogP contribution >= 0.6 is 11.6 Å². The van der Waals surface area contributed by atoms with Crippen LogP contribution < -0.4 is 4.90 Å². The van der Waals surface area contributed by atoms with Crippen molar-refractivity contribution in [3.63, 3.8) is 0 Å². The third-order valence-electron chi connectivity index (χ3n) is 4.62. The average Bonchev–Trinajstić information content (AvgIpc) is 2.98. The number of halogens is 1. The molecule has 0 N–H and O–H groups in total. The maximum absolute atomic E-state index is 6.23. The SMILES string of the molecule is Clc1ccc2nc3c(c(N4CCCC4)c2c1)CCCC3. The second-order valence-electron chi connectivity index (χ2n) is 5.95. The van der Waals surface area contributed by atoms with Gasteiger partial charge in [0.05, 0.1) is 11.2 Å². The number of aromatic nitrogens is 1. The van der Waals surface area contributed by atoms with E-state index >= 15 is 0 Å². The Hall–Kier alpha value is -1.28. The van der Waals surface area contributed by atoms with Crippen molar-refractivity contribution < 1.29 is 0 Å². The van der Waals surface area contributed by atoms with Crippen LogP contribution in [-0.2, 0) is 12.8 Å². The normalized spacial score (nSPS) is 18.6. The zero-order valence-corrected chi connectivity index (χ0v) is 12.4. The molecule has 2 heterocycles. The zero-order valence-electron chi connectivity index (χ0n) is 11.7. The quantitative estimate of drug-likeness (QED) is 0.774. The number of nitrogens with zero attached hydrogens (tertiary/aromatic N) is 2. The molecule has 0 saturated carbocycles. The molecule has 3 heteroatoms. The maximum Gasteiger partial charge on any atom is 0.0727 e. The molecule has 1 saturated heterocycles. The first kappa shape index (κ1) is 12.5. The van der Waals surface area contributed by atoms with E-state index in [0.717, 1.165) is 17.0 Å². The minimum atomic E-state index is 0.815. The molecule has 20 heavy (non-hydrogen) atoms. The van der Waals surface area contributed by atoms with Gasteiger partial charge in [0.1, 0.15) is 0 Å². The number of aryl methyl sites for hydroxylation is 1.